The number of ether oxygens (including phenoxy) is 2. The molecule has 0 saturated carbocycles. The second kappa shape index (κ2) is 8.34. The maximum Gasteiger partial charge on any atom is 0.365 e. The zero-order chi connectivity index (χ0) is 19.4. The van der Waals surface area contributed by atoms with Crippen LogP contribution in [0.25, 0.3) is 0 Å². The number of esters is 1. The maximum absolute atomic E-state index is 12.6. The first-order valence-corrected chi connectivity index (χ1v) is 10.3. The highest BCUT2D eigenvalue weighted by Gasteiger charge is 2.52. The van der Waals surface area contributed by atoms with Gasteiger partial charge in [-0.25, -0.2) is 9.80 Å². The zero-order valence-electron chi connectivity index (χ0n) is 15.8. The lowest BCUT2D eigenvalue weighted by molar-refractivity contribution is -0.134. The molecule has 28 heavy (non-hydrogen) atoms. The second-order valence-corrected chi connectivity index (χ2v) is 7.61. The predicted octanol–water partition coefficient (Wildman–Crippen LogP) is 3.26. The van der Waals surface area contributed by atoms with Crippen molar-refractivity contribution in [1.82, 2.24) is 4.90 Å². The number of rotatable bonds is 5. The molecule has 0 N–H and O–H groups in total. The topological polar surface area (TPSA) is 54.4 Å². The van der Waals surface area contributed by atoms with Crippen LogP contribution in [0, 0.1) is 0 Å². The minimum absolute atomic E-state index is 0.319. The summed E-state index contributed by atoms with van der Waals surface area (Å²) in [4.78, 5) is 14.2. The van der Waals surface area contributed by atoms with E-state index in [2.05, 4.69) is 17.0 Å². The molecule has 146 valence electrons. The molecular weight excluding hydrogens is 374 g/mol. The summed E-state index contributed by atoms with van der Waals surface area (Å²) >= 11 is 1.44. The normalized spacial score (nSPS) is 22.8. The summed E-state index contributed by atoms with van der Waals surface area (Å²) in [7, 11) is 0. The number of anilines is 1. The van der Waals surface area contributed by atoms with Crippen LogP contribution in [-0.2, 0) is 19.3 Å². The van der Waals surface area contributed by atoms with Crippen LogP contribution in [0.2, 0.25) is 0 Å². The third-order valence-electron chi connectivity index (χ3n) is 4.76. The van der Waals surface area contributed by atoms with E-state index in [0.29, 0.717) is 24.9 Å². The van der Waals surface area contributed by atoms with Crippen molar-refractivity contribution in [3.05, 3.63) is 66.2 Å². The van der Waals surface area contributed by atoms with Crippen molar-refractivity contribution >= 4 is 28.5 Å². The Morgan fingerprint density at radius 1 is 1.11 bits per heavy atom. The lowest BCUT2D eigenvalue weighted by Gasteiger charge is -2.46. The van der Waals surface area contributed by atoms with Gasteiger partial charge in [-0.05, 0) is 30.8 Å². The zero-order valence-corrected chi connectivity index (χ0v) is 16.6. The Hall–Kier alpha value is -2.35. The Kier molecular flexibility index (Phi) is 5.66. The lowest BCUT2D eigenvalue weighted by atomic mass is 10.1. The molecule has 7 heteroatoms. The minimum Gasteiger partial charge on any atom is -0.461 e. The number of para-hydroxylation sites is 1. The van der Waals surface area contributed by atoms with Crippen molar-refractivity contribution in [2.24, 2.45) is 5.10 Å². The number of carbonyl (C=O) groups is 1. The van der Waals surface area contributed by atoms with Crippen LogP contribution >= 0.6 is 11.8 Å². The molecule has 4 rings (SSSR count). The Morgan fingerprint density at radius 3 is 2.39 bits per heavy atom. The fraction of sp³-hybridized carbons (Fsp3) is 0.333. The number of nitrogens with zero attached hydrogens (tertiary/aromatic N) is 3. The van der Waals surface area contributed by atoms with E-state index in [-0.39, 0.29) is 5.97 Å². The van der Waals surface area contributed by atoms with Crippen LogP contribution in [0.5, 0.6) is 0 Å². The van der Waals surface area contributed by atoms with Crippen LogP contribution in [-0.4, -0.2) is 48.8 Å². The van der Waals surface area contributed by atoms with Gasteiger partial charge in [0.1, 0.15) is 0 Å². The third kappa shape index (κ3) is 3.41. The Morgan fingerprint density at radius 2 is 1.75 bits per heavy atom. The third-order valence-corrected chi connectivity index (χ3v) is 6.15. The van der Waals surface area contributed by atoms with E-state index in [9.17, 15) is 4.79 Å². The number of hydrogen-bond acceptors (Lipinski definition) is 7. The largest absolute Gasteiger partial charge is 0.461 e. The molecule has 6 nitrogen and oxygen atoms in total. The molecule has 1 unspecified atom stereocenters. The average Bonchev–Trinajstić information content (AvgIpc) is 3.18. The van der Waals surface area contributed by atoms with Crippen molar-refractivity contribution < 1.29 is 14.3 Å². The van der Waals surface area contributed by atoms with Gasteiger partial charge < -0.3 is 9.47 Å². The molecular formula is C21H23N3O3S. The summed E-state index contributed by atoms with van der Waals surface area (Å²) < 4.78 is 10.9. The van der Waals surface area contributed by atoms with E-state index < -0.39 is 4.99 Å². The highest BCUT2D eigenvalue weighted by atomic mass is 32.2. The van der Waals surface area contributed by atoms with E-state index in [4.69, 9.17) is 14.6 Å². The van der Waals surface area contributed by atoms with Gasteiger partial charge in [-0.1, -0.05) is 48.5 Å². The minimum atomic E-state index is -0.672. The summed E-state index contributed by atoms with van der Waals surface area (Å²) in [5.74, 6) is -0.389. The van der Waals surface area contributed by atoms with E-state index in [0.717, 1.165) is 24.3 Å². The molecule has 2 aliphatic rings. The number of hydrogen-bond donors (Lipinski definition) is 0. The quantitative estimate of drug-likeness (QED) is 0.722. The van der Waals surface area contributed by atoms with Gasteiger partial charge in [-0.3, -0.25) is 4.90 Å². The molecule has 1 saturated heterocycles. The molecule has 0 spiro atoms. The van der Waals surface area contributed by atoms with Crippen LogP contribution in [0.3, 0.4) is 0 Å². The maximum atomic E-state index is 12.6. The van der Waals surface area contributed by atoms with Crippen molar-refractivity contribution in [2.45, 2.75) is 11.9 Å². The van der Waals surface area contributed by atoms with Crippen LogP contribution in [0.4, 0.5) is 5.69 Å². The van der Waals surface area contributed by atoms with Crippen LogP contribution in [0.1, 0.15) is 12.5 Å². The SMILES string of the molecule is CCOC(=O)C1=NN(c2ccccc2)C(c2ccccc2)(N2CCOCC2)S1. The van der Waals surface area contributed by atoms with E-state index in [1.54, 1.807) is 6.92 Å². The Labute approximate surface area is 169 Å². The molecule has 1 atom stereocenters. The Balaban J connectivity index is 1.85. The van der Waals surface area contributed by atoms with Crippen molar-refractivity contribution in [1.29, 1.82) is 0 Å². The summed E-state index contributed by atoms with van der Waals surface area (Å²) in [5, 5.41) is 7.05. The highest BCUT2D eigenvalue weighted by Crippen LogP contribution is 2.50. The van der Waals surface area contributed by atoms with E-state index in [1.807, 2.05) is 53.5 Å². The molecule has 0 radical (unpaired) electrons. The van der Waals surface area contributed by atoms with Gasteiger partial charge >= 0.3 is 5.97 Å². The van der Waals surface area contributed by atoms with Crippen molar-refractivity contribution in [3.8, 4) is 0 Å². The van der Waals surface area contributed by atoms with Gasteiger partial charge in [0.2, 0.25) is 5.04 Å². The molecule has 2 aromatic carbocycles. The predicted molar refractivity (Wildman–Crippen MR) is 111 cm³/mol. The van der Waals surface area contributed by atoms with Gasteiger partial charge in [0.05, 0.1) is 25.5 Å². The van der Waals surface area contributed by atoms with Crippen LogP contribution in [0.15, 0.2) is 65.8 Å². The van der Waals surface area contributed by atoms with Gasteiger partial charge in [0.15, 0.2) is 4.99 Å². The first kappa shape index (κ1) is 19.0. The fourth-order valence-corrected chi connectivity index (χ4v) is 4.85. The van der Waals surface area contributed by atoms with Gasteiger partial charge in [0, 0.05) is 18.7 Å². The standard InChI is InChI=1S/C21H23N3O3S/c1-2-27-20(25)19-22-24(18-11-7-4-8-12-18)21(28-19,17-9-5-3-6-10-17)23-13-15-26-16-14-23/h3-12H,2,13-16H2,1H3. The number of benzene rings is 2. The van der Waals surface area contributed by atoms with Gasteiger partial charge in [-0.2, -0.15) is 5.10 Å². The first-order valence-electron chi connectivity index (χ1n) is 9.44. The Bertz CT molecular complexity index is 840. The first-order chi connectivity index (χ1) is 13.8. The monoisotopic (exact) mass is 397 g/mol. The average molecular weight is 398 g/mol. The summed E-state index contributed by atoms with van der Waals surface area (Å²) in [6.07, 6.45) is 0. The summed E-state index contributed by atoms with van der Waals surface area (Å²) in [6, 6.07) is 20.2. The molecule has 1 fully saturated rings. The highest BCUT2D eigenvalue weighted by molar-refractivity contribution is 8.16. The lowest BCUT2D eigenvalue weighted by Crippen LogP contribution is -2.56. The van der Waals surface area contributed by atoms with Crippen LogP contribution < -0.4 is 5.01 Å². The second-order valence-electron chi connectivity index (χ2n) is 6.45. The molecule has 2 aliphatic heterocycles. The number of hydrazone groups is 1. The van der Waals surface area contributed by atoms with Crippen molar-refractivity contribution in [3.63, 3.8) is 0 Å². The number of carbonyl (C=O) groups excluding carboxylic acids is 1. The van der Waals surface area contributed by atoms with E-state index >= 15 is 0 Å². The smallest absolute Gasteiger partial charge is 0.365 e. The van der Waals surface area contributed by atoms with Gasteiger partial charge in [-0.15, -0.1) is 0 Å². The summed E-state index contributed by atoms with van der Waals surface area (Å²) in [6.45, 7) is 4.91. The van der Waals surface area contributed by atoms with Gasteiger partial charge in [0.25, 0.3) is 0 Å². The molecule has 2 aromatic rings. The molecule has 2 heterocycles. The molecule has 0 aromatic heterocycles. The summed E-state index contributed by atoms with van der Waals surface area (Å²) in [5.41, 5.74) is 1.98. The number of morpholine rings is 1. The fourth-order valence-electron chi connectivity index (χ4n) is 3.52. The number of thioether (sulfide) groups is 1. The van der Waals surface area contributed by atoms with Crippen molar-refractivity contribution in [2.75, 3.05) is 37.9 Å². The molecule has 0 amide bonds. The molecule has 0 bridgehead atoms. The molecule has 0 aliphatic carbocycles. The van der Waals surface area contributed by atoms with E-state index in [1.165, 1.54) is 11.8 Å².